The number of hydrogen-bond donors (Lipinski definition) is 2. The highest BCUT2D eigenvalue weighted by Gasteiger charge is 2.79. The fourth-order valence-corrected chi connectivity index (χ4v) is 9.08. The van der Waals surface area contributed by atoms with Crippen LogP contribution in [0.2, 0.25) is 0 Å². The Morgan fingerprint density at radius 3 is 2.56 bits per heavy atom. The lowest BCUT2D eigenvalue weighted by molar-refractivity contribution is -0.267. The molecule has 3 fully saturated rings. The fraction of sp³-hybridized carbons (Fsp3) is 0.581. The molecule has 8 atom stereocenters. The van der Waals surface area contributed by atoms with Crippen LogP contribution in [0, 0.1) is 28.6 Å². The number of Topliss-reactive ketones (excluding diaryl/α,β-unsaturated/α-hetero) is 1. The molecule has 5 aliphatic rings. The van der Waals surface area contributed by atoms with E-state index >= 15 is 8.78 Å². The van der Waals surface area contributed by atoms with Gasteiger partial charge in [0.2, 0.25) is 0 Å². The Morgan fingerprint density at radius 1 is 1.20 bits per heavy atom. The summed E-state index contributed by atoms with van der Waals surface area (Å²) in [6, 6.07) is 6.79. The number of nitrogens with zero attached hydrogens (tertiary/aromatic N) is 1. The number of fused-ring (bicyclic) bond motifs is 7. The summed E-state index contributed by atoms with van der Waals surface area (Å²) in [5, 5.41) is 23.3. The minimum atomic E-state index is -2.25. The second kappa shape index (κ2) is 9.36. The molecule has 1 aromatic carbocycles. The molecule has 220 valence electrons. The number of benzene rings is 1. The van der Waals surface area contributed by atoms with E-state index in [0.717, 1.165) is 5.56 Å². The van der Waals surface area contributed by atoms with Crippen molar-refractivity contribution in [2.45, 2.75) is 63.4 Å². The number of carbonyl (C=O) groups excluding carboxylic acids is 3. The number of aliphatic hydroxyl groups excluding tert-OH is 2. The Morgan fingerprint density at radius 2 is 1.90 bits per heavy atom. The van der Waals surface area contributed by atoms with E-state index in [0.29, 0.717) is 18.5 Å². The van der Waals surface area contributed by atoms with E-state index in [9.17, 15) is 24.6 Å². The van der Waals surface area contributed by atoms with Crippen LogP contribution in [0.5, 0.6) is 0 Å². The van der Waals surface area contributed by atoms with Crippen molar-refractivity contribution in [3.63, 3.8) is 0 Å². The zero-order valence-electron chi connectivity index (χ0n) is 23.4. The first-order valence-electron chi connectivity index (χ1n) is 14.1. The largest absolute Gasteiger partial charge is 0.465 e. The first kappa shape index (κ1) is 28.3. The van der Waals surface area contributed by atoms with Crippen LogP contribution in [0.25, 0.3) is 0 Å². The lowest BCUT2D eigenvalue weighted by atomic mass is 9.45. The molecule has 2 N–H and O–H groups in total. The van der Waals surface area contributed by atoms with Crippen molar-refractivity contribution in [2.24, 2.45) is 28.6 Å². The van der Waals surface area contributed by atoms with E-state index in [2.05, 4.69) is 0 Å². The number of aliphatic hydroxyl groups is 2. The highest BCUT2D eigenvalue weighted by Crippen LogP contribution is 2.72. The molecule has 1 aromatic rings. The van der Waals surface area contributed by atoms with Crippen LogP contribution in [-0.2, 0) is 25.7 Å². The highest BCUT2D eigenvalue weighted by molar-refractivity contribution is 5.94. The molecule has 41 heavy (non-hydrogen) atoms. The molecule has 6 rings (SSSR count). The molecule has 2 saturated carbocycles. The maximum atomic E-state index is 17.5. The summed E-state index contributed by atoms with van der Waals surface area (Å²) < 4.78 is 37.9. The van der Waals surface area contributed by atoms with Gasteiger partial charge in [0.1, 0.15) is 12.4 Å². The minimum Gasteiger partial charge on any atom is -0.465 e. The van der Waals surface area contributed by atoms with Crippen LogP contribution < -0.4 is 0 Å². The minimum absolute atomic E-state index is 0.0892. The molecular formula is C31H35F2NO7. The number of alkyl halides is 1. The predicted molar refractivity (Wildman–Crippen MR) is 141 cm³/mol. The normalized spacial score (nSPS) is 41.5. The van der Waals surface area contributed by atoms with Gasteiger partial charge in [-0.2, -0.15) is 5.06 Å². The molecule has 0 unspecified atom stereocenters. The van der Waals surface area contributed by atoms with E-state index in [1.54, 1.807) is 43.2 Å². The standard InChI is InChI=1S/C31H35F2NO7/c1-28-9-8-20(36)11-23(28)24(32)12-22-21-10-19-15-34(14-17-4-6-18(7-5-17)27(39)40-3)41-31(19,26(38)16-35)29(21,2)13-25(37)30(22,28)33/h4-9,19,21-22,25,35,37H,10-16H2,1-3H3/t19-,21-,22-,25-,28-,29-,30-,31-/m0/s1. The van der Waals surface area contributed by atoms with Gasteiger partial charge in [0.15, 0.2) is 22.8 Å². The van der Waals surface area contributed by atoms with Crippen LogP contribution in [-0.4, -0.2) is 70.4 Å². The van der Waals surface area contributed by atoms with Gasteiger partial charge in [-0.15, -0.1) is 0 Å². The van der Waals surface area contributed by atoms with Crippen LogP contribution >= 0.6 is 0 Å². The number of ketones is 2. The van der Waals surface area contributed by atoms with Crippen LogP contribution in [0.4, 0.5) is 8.78 Å². The third-order valence-corrected chi connectivity index (χ3v) is 11.0. The number of methoxy groups -OCH3 is 1. The number of allylic oxidation sites excluding steroid dienone is 4. The molecule has 10 heteroatoms. The molecule has 0 aromatic heterocycles. The quantitative estimate of drug-likeness (QED) is 0.517. The van der Waals surface area contributed by atoms with Crippen LogP contribution in [0.3, 0.4) is 0 Å². The van der Waals surface area contributed by atoms with Crippen LogP contribution in [0.15, 0.2) is 47.8 Å². The third kappa shape index (κ3) is 3.60. The van der Waals surface area contributed by atoms with Gasteiger partial charge in [0.05, 0.1) is 18.8 Å². The summed E-state index contributed by atoms with van der Waals surface area (Å²) in [7, 11) is 1.30. The zero-order valence-corrected chi connectivity index (χ0v) is 23.4. The van der Waals surface area contributed by atoms with Gasteiger partial charge in [-0.05, 0) is 55.0 Å². The zero-order chi connectivity index (χ0) is 29.5. The lowest BCUT2D eigenvalue weighted by Crippen LogP contribution is -2.69. The van der Waals surface area contributed by atoms with E-state index in [4.69, 9.17) is 9.57 Å². The molecular weight excluding hydrogens is 536 g/mol. The smallest absolute Gasteiger partial charge is 0.337 e. The molecule has 0 bridgehead atoms. The Labute approximate surface area is 236 Å². The van der Waals surface area contributed by atoms with Crippen molar-refractivity contribution in [2.75, 3.05) is 20.3 Å². The average molecular weight is 572 g/mol. The summed E-state index contributed by atoms with van der Waals surface area (Å²) in [5.41, 5.74) is -5.07. The monoisotopic (exact) mass is 571 g/mol. The first-order chi connectivity index (χ1) is 19.4. The number of esters is 1. The molecule has 0 amide bonds. The summed E-state index contributed by atoms with van der Waals surface area (Å²) in [6.07, 6.45) is 0.850. The number of hydrogen-bond acceptors (Lipinski definition) is 8. The number of ether oxygens (including phenoxy) is 1. The van der Waals surface area contributed by atoms with Crippen molar-refractivity contribution in [1.29, 1.82) is 0 Å². The molecule has 8 nitrogen and oxygen atoms in total. The maximum Gasteiger partial charge on any atom is 0.337 e. The van der Waals surface area contributed by atoms with Gasteiger partial charge in [-0.25, -0.2) is 13.6 Å². The highest BCUT2D eigenvalue weighted by atomic mass is 19.1. The maximum absolute atomic E-state index is 17.5. The van der Waals surface area contributed by atoms with Gasteiger partial charge < -0.3 is 14.9 Å². The number of rotatable bonds is 5. The van der Waals surface area contributed by atoms with Crippen molar-refractivity contribution in [3.8, 4) is 0 Å². The van der Waals surface area contributed by atoms with E-state index in [1.165, 1.54) is 19.3 Å². The van der Waals surface area contributed by atoms with E-state index in [-0.39, 0.29) is 37.2 Å². The lowest BCUT2D eigenvalue weighted by Gasteiger charge is -2.62. The third-order valence-electron chi connectivity index (χ3n) is 11.0. The first-order valence-corrected chi connectivity index (χ1v) is 14.1. The van der Waals surface area contributed by atoms with Gasteiger partial charge in [0, 0.05) is 48.6 Å². The fourth-order valence-electron chi connectivity index (χ4n) is 9.08. The van der Waals surface area contributed by atoms with Gasteiger partial charge in [-0.3, -0.25) is 14.4 Å². The molecule has 1 saturated heterocycles. The second-order valence-corrected chi connectivity index (χ2v) is 12.7. The van der Waals surface area contributed by atoms with Crippen molar-refractivity contribution in [1.82, 2.24) is 5.06 Å². The van der Waals surface area contributed by atoms with E-state index in [1.807, 2.05) is 0 Å². The van der Waals surface area contributed by atoms with Crippen LogP contribution in [0.1, 0.15) is 55.5 Å². The Kier molecular flexibility index (Phi) is 6.47. The van der Waals surface area contributed by atoms with Crippen molar-refractivity contribution >= 4 is 17.5 Å². The molecule has 1 heterocycles. The number of carbonyl (C=O) groups is 3. The number of halogens is 2. The summed E-state index contributed by atoms with van der Waals surface area (Å²) >= 11 is 0. The molecule has 0 spiro atoms. The van der Waals surface area contributed by atoms with Gasteiger partial charge >= 0.3 is 5.97 Å². The summed E-state index contributed by atoms with van der Waals surface area (Å²) in [6.45, 7) is 3.16. The number of hydroxylamine groups is 2. The van der Waals surface area contributed by atoms with Gasteiger partial charge in [0.25, 0.3) is 0 Å². The molecule has 1 aliphatic heterocycles. The Hall–Kier alpha value is -2.79. The van der Waals surface area contributed by atoms with E-state index < -0.39 is 70.1 Å². The van der Waals surface area contributed by atoms with Crippen molar-refractivity contribution < 1.29 is 43.0 Å². The Bertz CT molecular complexity index is 1380. The molecule has 4 aliphatic carbocycles. The molecule has 0 radical (unpaired) electrons. The second-order valence-electron chi connectivity index (χ2n) is 12.7. The predicted octanol–water partition coefficient (Wildman–Crippen LogP) is 3.41. The summed E-state index contributed by atoms with van der Waals surface area (Å²) in [5.74, 6) is -3.74. The average Bonchev–Trinajstić information content (AvgIpc) is 3.43. The van der Waals surface area contributed by atoms with Gasteiger partial charge in [-0.1, -0.05) is 25.1 Å². The Balaban J connectivity index is 1.35. The summed E-state index contributed by atoms with van der Waals surface area (Å²) in [4.78, 5) is 44.0. The SMILES string of the molecule is COC(=O)c1ccc(CN2C[C@@H]3C[C@H]4[C@@H]5CC(F)=C6CC(=O)C=C[C@]6(C)[C@@]5(F)[C@@H](O)C[C@]4(C)[C@]3(C(=O)CO)O2)cc1. The topological polar surface area (TPSA) is 113 Å². The van der Waals surface area contributed by atoms with Crippen molar-refractivity contribution in [3.05, 3.63) is 58.9 Å².